The van der Waals surface area contributed by atoms with Gasteiger partial charge in [-0.05, 0) is 68.3 Å². The maximum absolute atomic E-state index is 13.5. The number of aromatic nitrogens is 2. The minimum atomic E-state index is -4.16. The molecule has 0 saturated carbocycles. The summed E-state index contributed by atoms with van der Waals surface area (Å²) in [4.78, 5) is 30.3. The molecule has 10 heteroatoms. The van der Waals surface area contributed by atoms with Crippen molar-refractivity contribution in [2.75, 3.05) is 12.1 Å². The number of rotatable bonds is 5. The normalized spacial score (nSPS) is 12.6. The summed E-state index contributed by atoms with van der Waals surface area (Å²) in [7, 11) is -4.16. The molecule has 0 bridgehead atoms. The molecule has 36 heavy (non-hydrogen) atoms. The highest BCUT2D eigenvalue weighted by molar-refractivity contribution is 7.91. The first-order valence-corrected chi connectivity index (χ1v) is 12.6. The van der Waals surface area contributed by atoms with Crippen LogP contribution in [0.3, 0.4) is 0 Å². The Bertz CT molecular complexity index is 1710. The number of nitrogens with one attached hydrogen (secondary N) is 1. The van der Waals surface area contributed by atoms with Crippen LogP contribution in [-0.2, 0) is 21.2 Å². The predicted molar refractivity (Wildman–Crippen MR) is 133 cm³/mol. The number of hydrogen-bond donors (Lipinski definition) is 1. The molecule has 1 aliphatic heterocycles. The van der Waals surface area contributed by atoms with E-state index in [2.05, 4.69) is 10.3 Å². The number of sulfone groups is 1. The highest BCUT2D eigenvalue weighted by Crippen LogP contribution is 2.34. The van der Waals surface area contributed by atoms with Gasteiger partial charge in [0, 0.05) is 23.6 Å². The second kappa shape index (κ2) is 8.80. The van der Waals surface area contributed by atoms with Crippen molar-refractivity contribution in [3.63, 3.8) is 0 Å². The molecule has 0 spiro atoms. The Morgan fingerprint density at radius 3 is 2.56 bits per heavy atom. The zero-order chi connectivity index (χ0) is 25.6. The van der Waals surface area contributed by atoms with Gasteiger partial charge in [-0.1, -0.05) is 6.07 Å². The second-order valence-electron chi connectivity index (χ2n) is 8.64. The zero-order valence-corrected chi connectivity index (χ0v) is 20.7. The molecule has 0 radical (unpaired) electrons. The first-order chi connectivity index (χ1) is 17.1. The molecule has 2 aromatic carbocycles. The van der Waals surface area contributed by atoms with Crippen LogP contribution in [0.25, 0.3) is 11.0 Å². The Morgan fingerprint density at radius 2 is 1.78 bits per heavy atom. The van der Waals surface area contributed by atoms with Crippen LogP contribution in [0, 0.1) is 20.8 Å². The highest BCUT2D eigenvalue weighted by Gasteiger charge is 2.25. The van der Waals surface area contributed by atoms with E-state index in [9.17, 15) is 18.0 Å². The van der Waals surface area contributed by atoms with Crippen LogP contribution >= 0.6 is 0 Å². The number of ether oxygens (including phenoxy) is 2. The first-order valence-electron chi connectivity index (χ1n) is 11.2. The number of benzene rings is 2. The SMILES string of the molecule is Cc1ccc2c(=O)c(S(=O)(=O)c3ccc(C)c(C)c3)cn(CC(=O)Nc3ccc4c(c3)OCO4)c2n1. The van der Waals surface area contributed by atoms with E-state index in [-0.39, 0.29) is 29.3 Å². The van der Waals surface area contributed by atoms with Crippen molar-refractivity contribution >= 4 is 32.5 Å². The molecule has 5 rings (SSSR count). The number of hydrogen-bond acceptors (Lipinski definition) is 7. The largest absolute Gasteiger partial charge is 0.454 e. The Kier molecular flexibility index (Phi) is 5.76. The third-order valence-corrected chi connectivity index (χ3v) is 7.82. The molecule has 4 aromatic rings. The number of anilines is 1. The minimum Gasteiger partial charge on any atom is -0.454 e. The van der Waals surface area contributed by atoms with Gasteiger partial charge in [-0.3, -0.25) is 9.59 Å². The number of fused-ring (bicyclic) bond motifs is 2. The van der Waals surface area contributed by atoms with Crippen molar-refractivity contribution in [3.05, 3.63) is 81.8 Å². The lowest BCUT2D eigenvalue weighted by atomic mass is 10.1. The lowest BCUT2D eigenvalue weighted by molar-refractivity contribution is -0.116. The first kappa shape index (κ1) is 23.6. The summed E-state index contributed by atoms with van der Waals surface area (Å²) in [5.41, 5.74) is 2.39. The van der Waals surface area contributed by atoms with Gasteiger partial charge in [-0.2, -0.15) is 0 Å². The molecule has 9 nitrogen and oxygen atoms in total. The van der Waals surface area contributed by atoms with Gasteiger partial charge in [0.2, 0.25) is 28.0 Å². The van der Waals surface area contributed by atoms with Crippen LogP contribution < -0.4 is 20.2 Å². The quantitative estimate of drug-likeness (QED) is 0.441. The van der Waals surface area contributed by atoms with Crippen LogP contribution in [0.4, 0.5) is 5.69 Å². The molecule has 2 aromatic heterocycles. The summed E-state index contributed by atoms with van der Waals surface area (Å²) < 4.78 is 39.0. The lowest BCUT2D eigenvalue weighted by Gasteiger charge is -2.14. The van der Waals surface area contributed by atoms with E-state index < -0.39 is 26.1 Å². The third-order valence-electron chi connectivity index (χ3n) is 6.08. The molecular formula is C26H23N3O6S. The molecule has 0 atom stereocenters. The van der Waals surface area contributed by atoms with E-state index in [0.717, 1.165) is 11.1 Å². The summed E-state index contributed by atoms with van der Waals surface area (Å²) in [5.74, 6) is 0.664. The van der Waals surface area contributed by atoms with Gasteiger partial charge in [0.15, 0.2) is 11.5 Å². The van der Waals surface area contributed by atoms with E-state index in [0.29, 0.717) is 22.9 Å². The number of nitrogens with zero attached hydrogens (tertiary/aromatic N) is 2. The van der Waals surface area contributed by atoms with Crippen molar-refractivity contribution < 1.29 is 22.7 Å². The Balaban J connectivity index is 1.57. The van der Waals surface area contributed by atoms with Crippen LogP contribution in [0.2, 0.25) is 0 Å². The monoisotopic (exact) mass is 505 g/mol. The topological polar surface area (TPSA) is 117 Å². The standard InChI is InChI=1S/C26H23N3O6S/c1-15-4-7-19(10-16(15)2)36(32,33)23-12-29(26-20(25(23)31)8-5-17(3)27-26)13-24(30)28-18-6-9-21-22(11-18)35-14-34-21/h4-12H,13-14H2,1-3H3,(H,28,30). The van der Waals surface area contributed by atoms with Crippen molar-refractivity contribution in [2.45, 2.75) is 37.1 Å². The van der Waals surface area contributed by atoms with Crippen LogP contribution in [0.1, 0.15) is 16.8 Å². The molecule has 0 saturated heterocycles. The smallest absolute Gasteiger partial charge is 0.244 e. The Labute approximate surface area is 207 Å². The van der Waals surface area contributed by atoms with Gasteiger partial charge in [0.05, 0.1) is 10.3 Å². The summed E-state index contributed by atoms with van der Waals surface area (Å²) in [6.45, 7) is 5.28. The van der Waals surface area contributed by atoms with Gasteiger partial charge in [0.25, 0.3) is 0 Å². The molecule has 0 fully saturated rings. The fraction of sp³-hybridized carbons (Fsp3) is 0.192. The van der Waals surface area contributed by atoms with E-state index in [1.54, 1.807) is 50.2 Å². The number of pyridine rings is 2. The number of aryl methyl sites for hydroxylation is 3. The van der Waals surface area contributed by atoms with Crippen molar-refractivity contribution in [1.29, 1.82) is 0 Å². The van der Waals surface area contributed by atoms with Crippen LogP contribution in [-0.4, -0.2) is 30.7 Å². The highest BCUT2D eigenvalue weighted by atomic mass is 32.2. The van der Waals surface area contributed by atoms with E-state index >= 15 is 0 Å². The summed E-state index contributed by atoms with van der Waals surface area (Å²) >= 11 is 0. The Morgan fingerprint density at radius 1 is 1.00 bits per heavy atom. The lowest BCUT2D eigenvalue weighted by Crippen LogP contribution is -2.24. The number of carbonyl (C=O) groups excluding carboxylic acids is 1. The molecule has 1 amide bonds. The minimum absolute atomic E-state index is 0.0125. The van der Waals surface area contributed by atoms with Gasteiger partial charge < -0.3 is 19.4 Å². The molecule has 184 valence electrons. The molecular weight excluding hydrogens is 482 g/mol. The maximum atomic E-state index is 13.5. The number of amides is 1. The third kappa shape index (κ3) is 4.20. The van der Waals surface area contributed by atoms with Gasteiger partial charge in [-0.25, -0.2) is 13.4 Å². The van der Waals surface area contributed by atoms with Gasteiger partial charge in [-0.15, -0.1) is 0 Å². The zero-order valence-electron chi connectivity index (χ0n) is 19.9. The van der Waals surface area contributed by atoms with E-state index in [4.69, 9.17) is 9.47 Å². The molecule has 3 heterocycles. The fourth-order valence-corrected chi connectivity index (χ4v) is 5.44. The van der Waals surface area contributed by atoms with Crippen LogP contribution in [0.15, 0.2) is 69.3 Å². The van der Waals surface area contributed by atoms with E-state index in [1.165, 1.54) is 22.9 Å². The molecule has 0 aliphatic carbocycles. The summed E-state index contributed by atoms with van der Waals surface area (Å²) in [6.07, 6.45) is 1.20. The van der Waals surface area contributed by atoms with Crippen molar-refractivity contribution in [2.24, 2.45) is 0 Å². The van der Waals surface area contributed by atoms with E-state index in [1.807, 2.05) is 6.92 Å². The average Bonchev–Trinajstić information content (AvgIpc) is 3.30. The maximum Gasteiger partial charge on any atom is 0.244 e. The van der Waals surface area contributed by atoms with Crippen molar-refractivity contribution in [3.8, 4) is 11.5 Å². The average molecular weight is 506 g/mol. The summed E-state index contributed by atoms with van der Waals surface area (Å²) in [6, 6.07) is 12.9. The molecule has 1 aliphatic rings. The summed E-state index contributed by atoms with van der Waals surface area (Å²) in [5, 5.41) is 2.88. The predicted octanol–water partition coefficient (Wildman–Crippen LogP) is 3.52. The number of carbonyl (C=O) groups is 1. The molecule has 1 N–H and O–H groups in total. The fourth-order valence-electron chi connectivity index (χ4n) is 3.98. The second-order valence-corrected chi connectivity index (χ2v) is 10.6. The molecule has 0 unspecified atom stereocenters. The Hall–Kier alpha value is -4.18. The van der Waals surface area contributed by atoms with Gasteiger partial charge >= 0.3 is 0 Å². The van der Waals surface area contributed by atoms with Crippen molar-refractivity contribution in [1.82, 2.24) is 9.55 Å². The van der Waals surface area contributed by atoms with Crippen LogP contribution in [0.5, 0.6) is 11.5 Å². The van der Waals surface area contributed by atoms with Gasteiger partial charge in [0.1, 0.15) is 17.1 Å².